The van der Waals surface area contributed by atoms with Crippen LogP contribution in [0.1, 0.15) is 12.8 Å². The van der Waals surface area contributed by atoms with Gasteiger partial charge in [-0.3, -0.25) is 9.59 Å². The largest absolute Gasteiger partial charge is 0.396 e. The summed E-state index contributed by atoms with van der Waals surface area (Å²) in [5, 5.41) is 12.9. The number of aliphatic hydroxyl groups is 1. The molecule has 24 heavy (non-hydrogen) atoms. The van der Waals surface area contributed by atoms with Crippen LogP contribution in [0.15, 0.2) is 17.0 Å². The van der Waals surface area contributed by atoms with Gasteiger partial charge in [0.15, 0.2) is 0 Å². The second-order valence-corrected chi connectivity index (χ2v) is 8.85. The van der Waals surface area contributed by atoms with E-state index in [2.05, 4.69) is 5.32 Å². The van der Waals surface area contributed by atoms with Crippen LogP contribution in [0.5, 0.6) is 0 Å². The molecule has 2 amide bonds. The van der Waals surface area contributed by atoms with Crippen LogP contribution in [0.4, 0.5) is 5.69 Å². The molecule has 128 valence electrons. The Morgan fingerprint density at radius 1 is 1.42 bits per heavy atom. The van der Waals surface area contributed by atoms with Crippen molar-refractivity contribution < 1.29 is 14.7 Å². The lowest BCUT2D eigenvalue weighted by atomic mass is 10.1. The number of nitrogens with one attached hydrogen (secondary N) is 1. The maximum Gasteiger partial charge on any atom is 0.242 e. The lowest BCUT2D eigenvalue weighted by Gasteiger charge is -2.33. The third-order valence-corrected chi connectivity index (χ3v) is 7.20. The first-order chi connectivity index (χ1) is 11.4. The van der Waals surface area contributed by atoms with Crippen molar-refractivity contribution in [2.45, 2.75) is 22.5 Å². The summed E-state index contributed by atoms with van der Waals surface area (Å²) in [6.07, 6.45) is 1.35. The van der Waals surface area contributed by atoms with Crippen LogP contribution in [-0.4, -0.2) is 46.3 Å². The average molecular weight is 387 g/mol. The molecule has 1 saturated heterocycles. The molecule has 0 aromatic heterocycles. The van der Waals surface area contributed by atoms with E-state index in [-0.39, 0.29) is 30.3 Å². The number of amides is 2. The molecule has 5 nitrogen and oxygen atoms in total. The predicted molar refractivity (Wildman–Crippen MR) is 93.6 cm³/mol. The number of fused-ring (bicyclic) bond motifs is 1. The Hall–Kier alpha value is -0.950. The highest BCUT2D eigenvalue weighted by Gasteiger charge is 2.52. The molecule has 3 aliphatic rings. The first kappa shape index (κ1) is 16.5. The van der Waals surface area contributed by atoms with Crippen LogP contribution >= 0.6 is 35.0 Å². The van der Waals surface area contributed by atoms with Gasteiger partial charge >= 0.3 is 0 Å². The second kappa shape index (κ2) is 5.80. The first-order valence-electron chi connectivity index (χ1n) is 7.83. The van der Waals surface area contributed by atoms with Gasteiger partial charge in [0.2, 0.25) is 11.8 Å². The molecule has 2 N–H and O–H groups in total. The lowest BCUT2D eigenvalue weighted by Crippen LogP contribution is -2.45. The Balaban J connectivity index is 1.55. The van der Waals surface area contributed by atoms with Gasteiger partial charge < -0.3 is 15.3 Å². The molecule has 0 unspecified atom stereocenters. The van der Waals surface area contributed by atoms with Crippen molar-refractivity contribution in [3.05, 3.63) is 22.2 Å². The number of hydrogen-bond donors (Lipinski definition) is 2. The monoisotopic (exact) mass is 386 g/mol. The summed E-state index contributed by atoms with van der Waals surface area (Å²) in [7, 11) is 0. The van der Waals surface area contributed by atoms with E-state index in [1.165, 1.54) is 11.8 Å². The Labute approximate surface area is 153 Å². The van der Waals surface area contributed by atoms with Crippen LogP contribution in [0.3, 0.4) is 0 Å². The topological polar surface area (TPSA) is 69.6 Å². The van der Waals surface area contributed by atoms with Gasteiger partial charge in [0.25, 0.3) is 0 Å². The summed E-state index contributed by atoms with van der Waals surface area (Å²) in [5.74, 6) is -0.0339. The highest BCUT2D eigenvalue weighted by atomic mass is 35.5. The number of thioether (sulfide) groups is 1. The highest BCUT2D eigenvalue weighted by Crippen LogP contribution is 2.50. The molecule has 1 aliphatic carbocycles. The lowest BCUT2D eigenvalue weighted by molar-refractivity contribution is -0.132. The number of carbonyl (C=O) groups excluding carboxylic acids is 2. The molecule has 8 heteroatoms. The van der Waals surface area contributed by atoms with Gasteiger partial charge in [0.1, 0.15) is 4.75 Å². The highest BCUT2D eigenvalue weighted by molar-refractivity contribution is 8.01. The number of aliphatic hydroxyl groups excluding tert-OH is 1. The standard InChI is InChI=1S/C16H16Cl2N2O3S/c17-10-4-12-13(5-11(10)18)24-16(15(23)19-12)1-2-20(7-16)14(22)9-3-8(9)6-21/h4-5,8-9,21H,1-3,6-7H2,(H,19,23)/t8-,9+,16-/m0/s1. The molecule has 1 aromatic carbocycles. The number of carbonyl (C=O) groups is 2. The summed E-state index contributed by atoms with van der Waals surface area (Å²) in [5.41, 5.74) is 0.664. The zero-order valence-corrected chi connectivity index (χ0v) is 15.0. The van der Waals surface area contributed by atoms with Gasteiger partial charge in [-0.25, -0.2) is 0 Å². The molecular weight excluding hydrogens is 371 g/mol. The van der Waals surface area contributed by atoms with E-state index in [1.807, 2.05) is 0 Å². The van der Waals surface area contributed by atoms with Gasteiger partial charge in [-0.1, -0.05) is 23.2 Å². The molecular formula is C16H16Cl2N2O3S. The third-order valence-electron chi connectivity index (χ3n) is 5.01. The Morgan fingerprint density at radius 3 is 2.88 bits per heavy atom. The van der Waals surface area contributed by atoms with Crippen molar-refractivity contribution in [2.24, 2.45) is 11.8 Å². The Bertz CT molecular complexity index is 744. The number of benzene rings is 1. The van der Waals surface area contributed by atoms with Crippen molar-refractivity contribution in [1.29, 1.82) is 0 Å². The number of rotatable bonds is 2. The predicted octanol–water partition coefficient (Wildman–Crippen LogP) is 2.64. The maximum absolute atomic E-state index is 12.7. The van der Waals surface area contributed by atoms with E-state index in [0.717, 1.165) is 11.3 Å². The zero-order valence-electron chi connectivity index (χ0n) is 12.7. The maximum atomic E-state index is 12.7. The van der Waals surface area contributed by atoms with Gasteiger partial charge in [0.05, 0.1) is 15.7 Å². The van der Waals surface area contributed by atoms with E-state index < -0.39 is 4.75 Å². The summed E-state index contributed by atoms with van der Waals surface area (Å²) in [6.45, 7) is 0.998. The second-order valence-electron chi connectivity index (χ2n) is 6.61. The van der Waals surface area contributed by atoms with Gasteiger partial charge in [-0.2, -0.15) is 0 Å². The van der Waals surface area contributed by atoms with Gasteiger partial charge in [-0.05, 0) is 30.9 Å². The van der Waals surface area contributed by atoms with Crippen molar-refractivity contribution in [3.63, 3.8) is 0 Å². The van der Waals surface area contributed by atoms with Crippen molar-refractivity contribution in [3.8, 4) is 0 Å². The fraction of sp³-hybridized carbons (Fsp3) is 0.500. The fourth-order valence-electron chi connectivity index (χ4n) is 3.43. The van der Waals surface area contributed by atoms with Gasteiger partial charge in [0, 0.05) is 30.5 Å². The minimum absolute atomic E-state index is 0.0528. The van der Waals surface area contributed by atoms with Gasteiger partial charge in [-0.15, -0.1) is 11.8 Å². The van der Waals surface area contributed by atoms with E-state index >= 15 is 0 Å². The summed E-state index contributed by atoms with van der Waals surface area (Å²) in [6, 6.07) is 3.42. The molecule has 1 spiro atoms. The molecule has 2 heterocycles. The molecule has 2 fully saturated rings. The van der Waals surface area contributed by atoms with Crippen molar-refractivity contribution in [1.82, 2.24) is 4.90 Å². The molecule has 3 atom stereocenters. The molecule has 0 bridgehead atoms. The number of nitrogens with zero attached hydrogens (tertiary/aromatic N) is 1. The number of anilines is 1. The van der Waals surface area contributed by atoms with Crippen LogP contribution in [0, 0.1) is 11.8 Å². The van der Waals surface area contributed by atoms with E-state index in [4.69, 9.17) is 28.3 Å². The van der Waals surface area contributed by atoms with E-state index in [1.54, 1.807) is 17.0 Å². The fourth-order valence-corrected chi connectivity index (χ4v) is 5.20. The SMILES string of the molecule is O=C([C@@H]1C[C@H]1CO)N1CC[C@@]2(C1)Sc1cc(Cl)c(Cl)cc1NC2=O. The molecule has 2 aliphatic heterocycles. The smallest absolute Gasteiger partial charge is 0.242 e. The van der Waals surface area contributed by atoms with Crippen molar-refractivity contribution in [2.75, 3.05) is 25.0 Å². The molecule has 1 saturated carbocycles. The zero-order chi connectivity index (χ0) is 17.1. The number of likely N-dealkylation sites (tertiary alicyclic amines) is 1. The molecule has 0 radical (unpaired) electrons. The van der Waals surface area contributed by atoms with E-state index in [0.29, 0.717) is 35.2 Å². The number of halogens is 2. The summed E-state index contributed by atoms with van der Waals surface area (Å²) < 4.78 is -0.677. The van der Waals surface area contributed by atoms with E-state index in [9.17, 15) is 9.59 Å². The third kappa shape index (κ3) is 2.60. The Kier molecular flexibility index (Phi) is 3.99. The van der Waals surface area contributed by atoms with Crippen LogP contribution in [0.25, 0.3) is 0 Å². The summed E-state index contributed by atoms with van der Waals surface area (Å²) >= 11 is 13.6. The minimum atomic E-state index is -0.677. The number of hydrogen-bond acceptors (Lipinski definition) is 4. The van der Waals surface area contributed by atoms with Crippen LogP contribution < -0.4 is 5.32 Å². The van der Waals surface area contributed by atoms with Crippen molar-refractivity contribution >= 4 is 52.5 Å². The quantitative estimate of drug-likeness (QED) is 0.819. The average Bonchev–Trinajstić information content (AvgIpc) is 3.23. The summed E-state index contributed by atoms with van der Waals surface area (Å²) in [4.78, 5) is 27.8. The molecule has 1 aromatic rings. The minimum Gasteiger partial charge on any atom is -0.396 e. The van der Waals surface area contributed by atoms with Crippen LogP contribution in [0.2, 0.25) is 10.0 Å². The molecule has 4 rings (SSSR count). The van der Waals surface area contributed by atoms with Crippen LogP contribution in [-0.2, 0) is 9.59 Å². The Morgan fingerprint density at radius 2 is 2.17 bits per heavy atom. The normalized spacial score (nSPS) is 31.1. The first-order valence-corrected chi connectivity index (χ1v) is 9.40.